The lowest BCUT2D eigenvalue weighted by Crippen LogP contribution is -2.46. The molecule has 0 spiro atoms. The first-order valence-electron chi connectivity index (χ1n) is 12.1. The first kappa shape index (κ1) is 23.3. The molecule has 3 N–H and O–H groups in total. The molecule has 2 aromatic rings. The van der Waals surface area contributed by atoms with E-state index in [1.54, 1.807) is 7.11 Å². The zero-order valence-electron chi connectivity index (χ0n) is 19.5. The van der Waals surface area contributed by atoms with E-state index in [-0.39, 0.29) is 23.8 Å². The van der Waals surface area contributed by atoms with Gasteiger partial charge in [0.2, 0.25) is 11.8 Å². The summed E-state index contributed by atoms with van der Waals surface area (Å²) in [4.78, 5) is 27.1. The third-order valence-electron chi connectivity index (χ3n) is 7.18. The Hall–Kier alpha value is -2.86. The van der Waals surface area contributed by atoms with Gasteiger partial charge in [-0.25, -0.2) is 0 Å². The predicted molar refractivity (Wildman–Crippen MR) is 130 cm³/mol. The van der Waals surface area contributed by atoms with Crippen LogP contribution in [0.2, 0.25) is 0 Å². The first-order valence-corrected chi connectivity index (χ1v) is 12.1. The quantitative estimate of drug-likeness (QED) is 0.642. The van der Waals surface area contributed by atoms with Crippen LogP contribution in [0.3, 0.4) is 0 Å². The summed E-state index contributed by atoms with van der Waals surface area (Å²) in [6.07, 6.45) is 6.61. The number of ether oxygens (including phenoxy) is 1. The smallest absolute Gasteiger partial charge is 0.244 e. The van der Waals surface area contributed by atoms with Crippen molar-refractivity contribution in [3.63, 3.8) is 0 Å². The Morgan fingerprint density at radius 2 is 1.91 bits per heavy atom. The number of amides is 2. The number of carbonyl (C=O) groups excluding carboxylic acids is 2. The normalized spacial score (nSPS) is 23.0. The van der Waals surface area contributed by atoms with E-state index in [1.165, 1.54) is 5.56 Å². The molecule has 0 aromatic heterocycles. The van der Waals surface area contributed by atoms with Gasteiger partial charge < -0.3 is 20.7 Å². The Morgan fingerprint density at radius 1 is 1.12 bits per heavy atom. The van der Waals surface area contributed by atoms with E-state index in [4.69, 9.17) is 10.5 Å². The largest absolute Gasteiger partial charge is 0.497 e. The summed E-state index contributed by atoms with van der Waals surface area (Å²) < 4.78 is 5.27. The molecule has 0 radical (unpaired) electrons. The number of carbonyl (C=O) groups is 2. The zero-order chi connectivity index (χ0) is 23.2. The molecule has 1 aliphatic heterocycles. The Labute approximate surface area is 196 Å². The molecule has 176 valence electrons. The molecule has 2 aromatic carbocycles. The molecule has 0 bridgehead atoms. The van der Waals surface area contributed by atoms with E-state index >= 15 is 0 Å². The highest BCUT2D eigenvalue weighted by molar-refractivity contribution is 5.98. The number of anilines is 1. The Morgan fingerprint density at radius 3 is 2.67 bits per heavy atom. The second kappa shape index (κ2) is 10.8. The van der Waals surface area contributed by atoms with Gasteiger partial charge in [-0.05, 0) is 73.9 Å². The zero-order valence-corrected chi connectivity index (χ0v) is 19.5. The number of para-hydroxylation sites is 1. The van der Waals surface area contributed by atoms with Crippen molar-refractivity contribution in [3.8, 4) is 5.75 Å². The monoisotopic (exact) mass is 449 g/mol. The van der Waals surface area contributed by atoms with E-state index in [0.29, 0.717) is 12.5 Å². The number of benzene rings is 2. The van der Waals surface area contributed by atoms with E-state index in [1.807, 2.05) is 47.4 Å². The number of rotatable bonds is 8. The first-order chi connectivity index (χ1) is 16.0. The van der Waals surface area contributed by atoms with Gasteiger partial charge in [-0.1, -0.05) is 43.2 Å². The van der Waals surface area contributed by atoms with E-state index < -0.39 is 0 Å². The maximum absolute atomic E-state index is 13.6. The molecule has 0 unspecified atom stereocenters. The number of hydrogen-bond acceptors (Lipinski definition) is 4. The van der Waals surface area contributed by atoms with Gasteiger partial charge in [0, 0.05) is 11.6 Å². The number of methoxy groups -OCH3 is 1. The molecule has 1 heterocycles. The summed E-state index contributed by atoms with van der Waals surface area (Å²) in [6, 6.07) is 15.9. The van der Waals surface area contributed by atoms with Crippen molar-refractivity contribution >= 4 is 17.5 Å². The van der Waals surface area contributed by atoms with E-state index in [2.05, 4.69) is 11.4 Å². The van der Waals surface area contributed by atoms with Crippen LogP contribution in [-0.4, -0.2) is 31.5 Å². The van der Waals surface area contributed by atoms with Crippen molar-refractivity contribution in [1.82, 2.24) is 5.32 Å². The van der Waals surface area contributed by atoms with E-state index in [0.717, 1.165) is 68.5 Å². The Balaban J connectivity index is 1.43. The molecule has 2 aliphatic rings. The summed E-state index contributed by atoms with van der Waals surface area (Å²) >= 11 is 0. The van der Waals surface area contributed by atoms with Gasteiger partial charge in [-0.2, -0.15) is 0 Å². The summed E-state index contributed by atoms with van der Waals surface area (Å²) in [5.74, 6) is 1.27. The van der Waals surface area contributed by atoms with Gasteiger partial charge >= 0.3 is 0 Å². The van der Waals surface area contributed by atoms with Crippen LogP contribution in [-0.2, 0) is 22.6 Å². The number of nitrogens with zero attached hydrogens (tertiary/aromatic N) is 1. The van der Waals surface area contributed by atoms with Gasteiger partial charge in [0.05, 0.1) is 19.7 Å². The average Bonchev–Trinajstić information content (AvgIpc) is 2.97. The van der Waals surface area contributed by atoms with Gasteiger partial charge in [-0.15, -0.1) is 0 Å². The molecule has 1 aliphatic carbocycles. The second-order valence-electron chi connectivity index (χ2n) is 9.37. The van der Waals surface area contributed by atoms with E-state index in [9.17, 15) is 9.59 Å². The van der Waals surface area contributed by atoms with Crippen LogP contribution in [0.15, 0.2) is 48.5 Å². The number of primary amides is 1. The average molecular weight is 450 g/mol. The summed E-state index contributed by atoms with van der Waals surface area (Å²) in [6.45, 7) is 1.31. The number of nitrogens with one attached hydrogen (secondary N) is 1. The van der Waals surface area contributed by atoms with Crippen LogP contribution in [0.25, 0.3) is 0 Å². The topological polar surface area (TPSA) is 84.7 Å². The Bertz CT molecular complexity index is 959. The summed E-state index contributed by atoms with van der Waals surface area (Å²) in [5, 5.41) is 3.54. The fraction of sp³-hybridized carbons (Fsp3) is 0.481. The van der Waals surface area contributed by atoms with Crippen LogP contribution in [0.4, 0.5) is 5.69 Å². The molecule has 0 saturated heterocycles. The molecule has 4 rings (SSSR count). The number of aryl methyl sites for hydroxylation is 1. The molecule has 2 amide bonds. The lowest BCUT2D eigenvalue weighted by Gasteiger charge is -2.29. The SMILES string of the molecule is COc1ccc(CN2C(=O)[C@@H](NCC[C@H]3CCC[C@H](C(N)=O)C3)CCc3ccccc32)cc1. The van der Waals surface area contributed by atoms with Gasteiger partial charge in [0.15, 0.2) is 0 Å². The minimum absolute atomic E-state index is 0.0118. The van der Waals surface area contributed by atoms with Gasteiger partial charge in [-0.3, -0.25) is 9.59 Å². The van der Waals surface area contributed by atoms with Crippen molar-refractivity contribution in [2.24, 2.45) is 17.6 Å². The van der Waals surface area contributed by atoms with Crippen molar-refractivity contribution in [3.05, 3.63) is 59.7 Å². The maximum Gasteiger partial charge on any atom is 0.244 e. The minimum atomic E-state index is -0.217. The molecular weight excluding hydrogens is 414 g/mol. The molecule has 1 saturated carbocycles. The molecular formula is C27H35N3O3. The third kappa shape index (κ3) is 5.74. The molecule has 6 nitrogen and oxygen atoms in total. The lowest BCUT2D eigenvalue weighted by atomic mass is 9.79. The maximum atomic E-state index is 13.6. The Kier molecular flexibility index (Phi) is 7.65. The minimum Gasteiger partial charge on any atom is -0.497 e. The standard InChI is InChI=1S/C27H35N3O3/c1-33-23-12-9-20(10-13-23)18-30-25-8-3-2-6-21(25)11-14-24(27(30)32)29-16-15-19-5-4-7-22(17-19)26(28)31/h2-3,6,8-10,12-13,19,22,24,29H,4-5,7,11,14-18H2,1H3,(H2,28,31)/t19-,22+,24+/m1/s1. The molecule has 6 heteroatoms. The van der Waals surface area contributed by atoms with Crippen molar-refractivity contribution in [1.29, 1.82) is 0 Å². The summed E-state index contributed by atoms with van der Waals surface area (Å²) in [7, 11) is 1.65. The highest BCUT2D eigenvalue weighted by Gasteiger charge is 2.31. The fourth-order valence-electron chi connectivity index (χ4n) is 5.25. The number of nitrogens with two attached hydrogens (primary N) is 1. The highest BCUT2D eigenvalue weighted by atomic mass is 16.5. The number of fused-ring (bicyclic) bond motifs is 1. The number of hydrogen-bond donors (Lipinski definition) is 2. The van der Waals surface area contributed by atoms with Crippen LogP contribution in [0.5, 0.6) is 5.75 Å². The van der Waals surface area contributed by atoms with Crippen LogP contribution >= 0.6 is 0 Å². The lowest BCUT2D eigenvalue weighted by molar-refractivity contribution is -0.123. The van der Waals surface area contributed by atoms with Crippen molar-refractivity contribution < 1.29 is 14.3 Å². The molecule has 1 fully saturated rings. The van der Waals surface area contributed by atoms with Crippen LogP contribution in [0, 0.1) is 11.8 Å². The van der Waals surface area contributed by atoms with Crippen molar-refractivity contribution in [2.45, 2.75) is 57.5 Å². The fourth-order valence-corrected chi connectivity index (χ4v) is 5.25. The van der Waals surface area contributed by atoms with Gasteiger partial charge in [0.25, 0.3) is 0 Å². The van der Waals surface area contributed by atoms with Crippen molar-refractivity contribution in [2.75, 3.05) is 18.6 Å². The molecule has 3 atom stereocenters. The third-order valence-corrected chi connectivity index (χ3v) is 7.18. The van der Waals surface area contributed by atoms with Crippen LogP contribution < -0.4 is 20.7 Å². The predicted octanol–water partition coefficient (Wildman–Crippen LogP) is 3.81. The highest BCUT2D eigenvalue weighted by Crippen LogP contribution is 2.31. The summed E-state index contributed by atoms with van der Waals surface area (Å²) in [5.41, 5.74) is 8.81. The second-order valence-corrected chi connectivity index (χ2v) is 9.37. The van der Waals surface area contributed by atoms with Gasteiger partial charge in [0.1, 0.15) is 5.75 Å². The molecule has 33 heavy (non-hydrogen) atoms. The van der Waals surface area contributed by atoms with Crippen LogP contribution in [0.1, 0.15) is 49.7 Å².